The molecule has 3 heterocycles. The summed E-state index contributed by atoms with van der Waals surface area (Å²) in [5.41, 5.74) is 3.06. The fourth-order valence-corrected chi connectivity index (χ4v) is 4.96. The van der Waals surface area contributed by atoms with E-state index in [-0.39, 0.29) is 5.56 Å². The number of nitrogens with one attached hydrogen (secondary N) is 2. The Bertz CT molecular complexity index is 1410. The lowest BCUT2D eigenvalue weighted by atomic mass is 9.94. The highest BCUT2D eigenvalue weighted by atomic mass is 19.1. The molecule has 0 atom stereocenters. The van der Waals surface area contributed by atoms with Gasteiger partial charge in [-0.2, -0.15) is 0 Å². The van der Waals surface area contributed by atoms with Crippen LogP contribution in [0.5, 0.6) is 5.75 Å². The predicted molar refractivity (Wildman–Crippen MR) is 118 cm³/mol. The Kier molecular flexibility index (Phi) is 3.80. The van der Waals surface area contributed by atoms with Gasteiger partial charge >= 0.3 is 0 Å². The molecule has 0 unspecified atom stereocenters. The van der Waals surface area contributed by atoms with Crippen LogP contribution in [-0.2, 0) is 5.54 Å². The summed E-state index contributed by atoms with van der Waals surface area (Å²) >= 11 is 0. The first-order chi connectivity index (χ1) is 15.3. The van der Waals surface area contributed by atoms with Crippen LogP contribution < -0.4 is 10.1 Å². The lowest BCUT2D eigenvalue weighted by Crippen LogP contribution is -2.36. The summed E-state index contributed by atoms with van der Waals surface area (Å²) < 4.78 is 38.2. The third kappa shape index (κ3) is 2.55. The Labute approximate surface area is 183 Å². The number of fused-ring (bicyclic) bond motifs is 4. The van der Waals surface area contributed by atoms with Crippen LogP contribution in [0.15, 0.2) is 24.4 Å². The van der Waals surface area contributed by atoms with E-state index in [1.165, 1.54) is 25.3 Å². The second-order valence-electron chi connectivity index (χ2n) is 9.21. The number of aromatic amines is 1. The summed E-state index contributed by atoms with van der Waals surface area (Å²) in [6, 6.07) is 4.33. The Morgan fingerprint density at radius 1 is 1.16 bits per heavy atom. The van der Waals surface area contributed by atoms with Gasteiger partial charge in [-0.1, -0.05) is 0 Å². The summed E-state index contributed by atoms with van der Waals surface area (Å²) in [4.78, 5) is 3.27. The highest BCUT2D eigenvalue weighted by Crippen LogP contribution is 2.50. The number of methoxy groups -OCH3 is 1. The molecule has 6 rings (SSSR count). The minimum atomic E-state index is -0.558. The molecule has 0 amide bonds. The zero-order valence-corrected chi connectivity index (χ0v) is 18.3. The first-order valence-corrected chi connectivity index (χ1v) is 10.7. The molecule has 4 aromatic rings. The standard InChI is InChI=1S/C24H23F2N5O/c1-11-29-30-23-24(2,3)28-18-9-17(26)19(22(32-4)21(18)31(11)23)15-8-13(25)7-14-16(12-5-6-12)10-27-20(14)15/h7-10,12,27-28H,5-6H2,1-4H3. The zero-order valence-electron chi connectivity index (χ0n) is 18.3. The maximum Gasteiger partial charge on any atom is 0.162 e. The van der Waals surface area contributed by atoms with E-state index in [1.54, 1.807) is 0 Å². The summed E-state index contributed by atoms with van der Waals surface area (Å²) in [6.45, 7) is 5.77. The van der Waals surface area contributed by atoms with Crippen molar-refractivity contribution in [2.45, 2.75) is 45.1 Å². The van der Waals surface area contributed by atoms with Gasteiger partial charge in [0.1, 0.15) is 23.1 Å². The average molecular weight is 435 g/mol. The molecular weight excluding hydrogens is 412 g/mol. The largest absolute Gasteiger partial charge is 0.494 e. The topological polar surface area (TPSA) is 67.8 Å². The Hall–Kier alpha value is -3.42. The minimum absolute atomic E-state index is 0.209. The molecule has 0 radical (unpaired) electrons. The lowest BCUT2D eigenvalue weighted by molar-refractivity contribution is 0.408. The highest BCUT2D eigenvalue weighted by molar-refractivity contribution is 5.99. The van der Waals surface area contributed by atoms with E-state index in [9.17, 15) is 4.39 Å². The molecule has 1 saturated carbocycles. The molecule has 32 heavy (non-hydrogen) atoms. The van der Waals surface area contributed by atoms with Gasteiger partial charge in [0.25, 0.3) is 0 Å². The Balaban J connectivity index is 1.68. The predicted octanol–water partition coefficient (Wildman–Crippen LogP) is 5.55. The van der Waals surface area contributed by atoms with Crippen molar-refractivity contribution in [2.24, 2.45) is 0 Å². The van der Waals surface area contributed by atoms with Crippen LogP contribution in [0.2, 0.25) is 0 Å². The van der Waals surface area contributed by atoms with Gasteiger partial charge in [-0.15, -0.1) is 10.2 Å². The molecule has 0 spiro atoms. The molecule has 1 fully saturated rings. The number of aryl methyl sites for hydroxylation is 1. The number of ether oxygens (including phenoxy) is 1. The van der Waals surface area contributed by atoms with E-state index < -0.39 is 17.2 Å². The molecule has 6 nitrogen and oxygen atoms in total. The summed E-state index contributed by atoms with van der Waals surface area (Å²) in [5.74, 6) is 1.19. The number of H-pyrrole nitrogens is 1. The number of nitrogens with zero attached hydrogens (tertiary/aromatic N) is 3. The molecule has 2 N–H and O–H groups in total. The molecule has 8 heteroatoms. The van der Waals surface area contributed by atoms with Gasteiger partial charge in [0.2, 0.25) is 0 Å². The van der Waals surface area contributed by atoms with Crippen molar-refractivity contribution < 1.29 is 13.5 Å². The first-order valence-electron chi connectivity index (χ1n) is 10.7. The van der Waals surface area contributed by atoms with Crippen molar-refractivity contribution >= 4 is 16.6 Å². The van der Waals surface area contributed by atoms with Crippen LogP contribution in [0.4, 0.5) is 14.5 Å². The van der Waals surface area contributed by atoms with E-state index in [0.717, 1.165) is 23.8 Å². The zero-order chi connectivity index (χ0) is 22.4. The van der Waals surface area contributed by atoms with Gasteiger partial charge in [-0.05, 0) is 57.2 Å². The molecule has 2 aromatic heterocycles. The van der Waals surface area contributed by atoms with Crippen LogP contribution in [0, 0.1) is 18.6 Å². The number of rotatable bonds is 3. The Morgan fingerprint density at radius 2 is 1.94 bits per heavy atom. The fourth-order valence-electron chi connectivity index (χ4n) is 4.96. The molecular formula is C24H23F2N5O. The third-order valence-corrected chi connectivity index (χ3v) is 6.54. The fraction of sp³-hybridized carbons (Fsp3) is 0.333. The smallest absolute Gasteiger partial charge is 0.162 e. The van der Waals surface area contributed by atoms with E-state index in [0.29, 0.717) is 45.8 Å². The van der Waals surface area contributed by atoms with Crippen LogP contribution in [0.1, 0.15) is 49.8 Å². The molecule has 164 valence electrons. The average Bonchev–Trinajstić information content (AvgIpc) is 3.36. The van der Waals surface area contributed by atoms with Gasteiger partial charge in [0.15, 0.2) is 11.6 Å². The number of anilines is 1. The van der Waals surface area contributed by atoms with Gasteiger partial charge in [0, 0.05) is 23.2 Å². The quantitative estimate of drug-likeness (QED) is 0.443. The van der Waals surface area contributed by atoms with Crippen LogP contribution in [-0.4, -0.2) is 26.9 Å². The van der Waals surface area contributed by atoms with Crippen LogP contribution in [0.25, 0.3) is 27.7 Å². The molecule has 2 aromatic carbocycles. The summed E-state index contributed by atoms with van der Waals surface area (Å²) in [7, 11) is 1.50. The molecule has 1 aliphatic carbocycles. The number of halogens is 2. The maximum absolute atomic E-state index is 15.7. The lowest BCUT2D eigenvalue weighted by Gasteiger charge is -2.35. The number of hydrogen-bond donors (Lipinski definition) is 2. The van der Waals surface area contributed by atoms with Crippen molar-refractivity contribution in [3.63, 3.8) is 0 Å². The molecule has 1 aliphatic heterocycles. The van der Waals surface area contributed by atoms with Crippen molar-refractivity contribution in [1.82, 2.24) is 19.7 Å². The summed E-state index contributed by atoms with van der Waals surface area (Å²) in [5, 5.41) is 12.7. The molecule has 0 bridgehead atoms. The van der Waals surface area contributed by atoms with E-state index in [2.05, 4.69) is 20.5 Å². The highest BCUT2D eigenvalue weighted by Gasteiger charge is 2.38. The number of aromatic nitrogens is 4. The number of hydrogen-bond acceptors (Lipinski definition) is 4. The van der Waals surface area contributed by atoms with Gasteiger partial charge in [0.05, 0.1) is 29.4 Å². The van der Waals surface area contributed by atoms with E-state index in [1.807, 2.05) is 31.5 Å². The minimum Gasteiger partial charge on any atom is -0.494 e. The second kappa shape index (κ2) is 6.31. The number of benzene rings is 2. The van der Waals surface area contributed by atoms with E-state index >= 15 is 4.39 Å². The van der Waals surface area contributed by atoms with Crippen molar-refractivity contribution in [3.8, 4) is 22.6 Å². The van der Waals surface area contributed by atoms with Gasteiger partial charge in [-0.3, -0.25) is 4.57 Å². The van der Waals surface area contributed by atoms with E-state index in [4.69, 9.17) is 4.74 Å². The van der Waals surface area contributed by atoms with Gasteiger partial charge in [-0.25, -0.2) is 8.78 Å². The van der Waals surface area contributed by atoms with Crippen LogP contribution >= 0.6 is 0 Å². The van der Waals surface area contributed by atoms with Crippen LogP contribution in [0.3, 0.4) is 0 Å². The van der Waals surface area contributed by atoms with Crippen molar-refractivity contribution in [2.75, 3.05) is 12.4 Å². The maximum atomic E-state index is 15.7. The summed E-state index contributed by atoms with van der Waals surface area (Å²) in [6.07, 6.45) is 4.10. The van der Waals surface area contributed by atoms with Crippen molar-refractivity contribution in [1.29, 1.82) is 0 Å². The third-order valence-electron chi connectivity index (χ3n) is 6.54. The molecule has 0 saturated heterocycles. The van der Waals surface area contributed by atoms with Gasteiger partial charge < -0.3 is 15.0 Å². The van der Waals surface area contributed by atoms with Crippen molar-refractivity contribution in [3.05, 3.63) is 53.2 Å². The normalized spacial score (nSPS) is 16.6. The monoisotopic (exact) mass is 435 g/mol. The first kappa shape index (κ1) is 19.3. The SMILES string of the molecule is COc1c(-c2cc(F)cc3c(C4CC4)c[nH]c23)c(F)cc2c1-n1c(C)nnc1C(C)(C)N2. The second-order valence-corrected chi connectivity index (χ2v) is 9.21. The Morgan fingerprint density at radius 3 is 2.66 bits per heavy atom. The molecule has 2 aliphatic rings.